The molecule has 0 bridgehead atoms. The summed E-state index contributed by atoms with van der Waals surface area (Å²) in [4.78, 5) is 3.61. The van der Waals surface area contributed by atoms with E-state index in [-0.39, 0.29) is 0 Å². The van der Waals surface area contributed by atoms with Crippen LogP contribution in [0.25, 0.3) is 0 Å². The molecule has 2 heteroatoms. The molecule has 1 aromatic rings. The van der Waals surface area contributed by atoms with Gasteiger partial charge in [0.15, 0.2) is 0 Å². The van der Waals surface area contributed by atoms with Crippen LogP contribution in [0.4, 0.5) is 0 Å². The van der Waals surface area contributed by atoms with E-state index in [2.05, 4.69) is 42.7 Å². The number of aryl methyl sites for hydroxylation is 1. The predicted octanol–water partition coefficient (Wildman–Crippen LogP) is 12.4. The summed E-state index contributed by atoms with van der Waals surface area (Å²) in [6.45, 7) is 7.99. The van der Waals surface area contributed by atoms with Crippen LogP contribution in [0.1, 0.15) is 212 Å². The molecule has 1 N–H and O–H groups in total. The smallest absolute Gasteiger partial charge is 0.247 e. The summed E-state index contributed by atoms with van der Waals surface area (Å²) in [6, 6.07) is 0. The van der Waals surface area contributed by atoms with Gasteiger partial charge in [0.25, 0.3) is 5.82 Å². The first-order chi connectivity index (χ1) is 18.8. The summed E-state index contributed by atoms with van der Waals surface area (Å²) in [7, 11) is 0. The van der Waals surface area contributed by atoms with Gasteiger partial charge in [-0.1, -0.05) is 181 Å². The summed E-state index contributed by atoms with van der Waals surface area (Å²) in [5.41, 5.74) is 0. The minimum absolute atomic E-state index is 0.727. The van der Waals surface area contributed by atoms with Gasteiger partial charge in [0.1, 0.15) is 12.4 Å². The standard InChI is InChI=1S/C36H70N2/c1-4-7-9-11-13-15-17-19-20-22-24-26-28-30-32-35(36-37-33-34-38(36)6-3)31-29-27-25-23-21-18-16-14-12-10-8-5-2/h33-35H,4-32H2,1-3H3/p+1/t35-/m0/s1. The number of aromatic nitrogens is 2. The van der Waals surface area contributed by atoms with Crippen LogP contribution in [-0.2, 0) is 6.54 Å². The van der Waals surface area contributed by atoms with E-state index in [1.54, 1.807) is 0 Å². The lowest BCUT2D eigenvalue weighted by molar-refractivity contribution is -0.701. The zero-order valence-electron chi connectivity index (χ0n) is 26.7. The molecule has 0 fully saturated rings. The molecule has 1 heterocycles. The van der Waals surface area contributed by atoms with Crippen molar-refractivity contribution in [3.8, 4) is 0 Å². The largest absolute Gasteiger partial charge is 0.257 e. The second-order valence-electron chi connectivity index (χ2n) is 12.4. The minimum Gasteiger partial charge on any atom is -0.247 e. The molecule has 0 aromatic carbocycles. The summed E-state index contributed by atoms with van der Waals surface area (Å²) < 4.78 is 2.45. The number of hydrogen-bond donors (Lipinski definition) is 1. The number of nitrogens with zero attached hydrogens (tertiary/aromatic N) is 1. The molecule has 0 aliphatic rings. The topological polar surface area (TPSA) is 19.7 Å². The Balaban J connectivity index is 2.08. The maximum Gasteiger partial charge on any atom is 0.257 e. The fourth-order valence-corrected chi connectivity index (χ4v) is 6.24. The highest BCUT2D eigenvalue weighted by molar-refractivity contribution is 4.90. The van der Waals surface area contributed by atoms with Crippen molar-refractivity contribution < 1.29 is 4.57 Å². The van der Waals surface area contributed by atoms with Crippen molar-refractivity contribution in [3.63, 3.8) is 0 Å². The molecule has 0 spiro atoms. The van der Waals surface area contributed by atoms with Crippen LogP contribution >= 0.6 is 0 Å². The first kappa shape index (κ1) is 35.2. The van der Waals surface area contributed by atoms with Crippen LogP contribution in [0.15, 0.2) is 12.4 Å². The average molecular weight is 532 g/mol. The highest BCUT2D eigenvalue weighted by Crippen LogP contribution is 2.26. The number of imidazole rings is 1. The fraction of sp³-hybridized carbons (Fsp3) is 0.917. The number of H-pyrrole nitrogens is 1. The van der Waals surface area contributed by atoms with Crippen molar-refractivity contribution in [1.29, 1.82) is 0 Å². The number of hydrogen-bond acceptors (Lipinski definition) is 0. The molecule has 224 valence electrons. The van der Waals surface area contributed by atoms with Gasteiger partial charge >= 0.3 is 0 Å². The lowest BCUT2D eigenvalue weighted by Gasteiger charge is -2.14. The number of unbranched alkanes of at least 4 members (excludes halogenated alkanes) is 24. The zero-order chi connectivity index (χ0) is 27.4. The van der Waals surface area contributed by atoms with Gasteiger partial charge in [0.05, 0.1) is 12.5 Å². The Labute approximate surface area is 240 Å². The van der Waals surface area contributed by atoms with E-state index in [9.17, 15) is 0 Å². The summed E-state index contributed by atoms with van der Waals surface area (Å²) in [5.74, 6) is 2.22. The Hall–Kier alpha value is -0.790. The first-order valence-corrected chi connectivity index (χ1v) is 17.9. The summed E-state index contributed by atoms with van der Waals surface area (Å²) in [6.07, 6.45) is 44.7. The molecule has 0 radical (unpaired) electrons. The van der Waals surface area contributed by atoms with Crippen molar-refractivity contribution in [2.45, 2.75) is 213 Å². The Kier molecular flexibility index (Phi) is 25.7. The zero-order valence-corrected chi connectivity index (χ0v) is 26.7. The van der Waals surface area contributed by atoms with Crippen molar-refractivity contribution in [1.82, 2.24) is 4.98 Å². The molecule has 1 rings (SSSR count). The quantitative estimate of drug-likeness (QED) is 0.0752. The van der Waals surface area contributed by atoms with Crippen LogP contribution in [0.2, 0.25) is 0 Å². The van der Waals surface area contributed by atoms with E-state index in [0.717, 1.165) is 12.5 Å². The van der Waals surface area contributed by atoms with Crippen LogP contribution in [0, 0.1) is 0 Å². The molecule has 0 saturated carbocycles. The van der Waals surface area contributed by atoms with Gasteiger partial charge in [0.2, 0.25) is 0 Å². The lowest BCUT2D eigenvalue weighted by atomic mass is 9.93. The molecule has 0 aliphatic heterocycles. The minimum atomic E-state index is 0.727. The van der Waals surface area contributed by atoms with Gasteiger partial charge in [0, 0.05) is 0 Å². The average Bonchev–Trinajstić information content (AvgIpc) is 3.41. The molecule has 1 atom stereocenters. The molecule has 38 heavy (non-hydrogen) atoms. The molecule has 0 unspecified atom stereocenters. The Morgan fingerprint density at radius 2 is 0.789 bits per heavy atom. The van der Waals surface area contributed by atoms with Gasteiger partial charge in [-0.3, -0.25) is 0 Å². The van der Waals surface area contributed by atoms with Crippen molar-refractivity contribution in [2.75, 3.05) is 0 Å². The van der Waals surface area contributed by atoms with E-state index in [1.807, 2.05) is 0 Å². The Morgan fingerprint density at radius 3 is 1.11 bits per heavy atom. The second-order valence-corrected chi connectivity index (χ2v) is 12.4. The van der Waals surface area contributed by atoms with E-state index < -0.39 is 0 Å². The normalized spacial score (nSPS) is 12.4. The maximum atomic E-state index is 3.61. The van der Waals surface area contributed by atoms with Crippen LogP contribution in [-0.4, -0.2) is 4.98 Å². The number of aromatic amines is 1. The van der Waals surface area contributed by atoms with Crippen molar-refractivity contribution in [3.05, 3.63) is 18.2 Å². The third kappa shape index (κ3) is 20.2. The van der Waals surface area contributed by atoms with Gasteiger partial charge in [-0.15, -0.1) is 0 Å². The van der Waals surface area contributed by atoms with E-state index in [4.69, 9.17) is 0 Å². The maximum absolute atomic E-state index is 3.61. The van der Waals surface area contributed by atoms with Gasteiger partial charge in [-0.05, 0) is 19.8 Å². The highest BCUT2D eigenvalue weighted by atomic mass is 15.1. The molecule has 1 aromatic heterocycles. The number of rotatable bonds is 30. The number of nitrogens with one attached hydrogen (secondary N) is 1. The van der Waals surface area contributed by atoms with E-state index in [1.165, 1.54) is 186 Å². The monoisotopic (exact) mass is 532 g/mol. The Morgan fingerprint density at radius 1 is 0.474 bits per heavy atom. The second kappa shape index (κ2) is 27.8. The summed E-state index contributed by atoms with van der Waals surface area (Å²) >= 11 is 0. The van der Waals surface area contributed by atoms with E-state index >= 15 is 0 Å². The predicted molar refractivity (Wildman–Crippen MR) is 170 cm³/mol. The molecule has 0 aliphatic carbocycles. The van der Waals surface area contributed by atoms with E-state index in [0.29, 0.717) is 0 Å². The van der Waals surface area contributed by atoms with Gasteiger partial charge in [-0.25, -0.2) is 9.55 Å². The molecular weight excluding hydrogens is 460 g/mol. The highest BCUT2D eigenvalue weighted by Gasteiger charge is 2.21. The van der Waals surface area contributed by atoms with Crippen molar-refractivity contribution >= 4 is 0 Å². The SMILES string of the molecule is CCCCCCCCCCCCCCCC[C@H](CCCCCCCCCCCCCC)c1[nH]cc[n+]1CC. The fourth-order valence-electron chi connectivity index (χ4n) is 6.24. The third-order valence-electron chi connectivity index (χ3n) is 8.83. The molecule has 0 saturated heterocycles. The summed E-state index contributed by atoms with van der Waals surface area (Å²) in [5, 5.41) is 0. The first-order valence-electron chi connectivity index (χ1n) is 17.9. The third-order valence-corrected chi connectivity index (χ3v) is 8.83. The van der Waals surface area contributed by atoms with Gasteiger partial charge in [-0.2, -0.15) is 0 Å². The lowest BCUT2D eigenvalue weighted by Crippen LogP contribution is -2.36. The molecule has 2 nitrogen and oxygen atoms in total. The van der Waals surface area contributed by atoms with Crippen LogP contribution in [0.3, 0.4) is 0 Å². The van der Waals surface area contributed by atoms with Gasteiger partial charge < -0.3 is 0 Å². The molecular formula is C36H71N2+. The molecule has 0 amide bonds. The Bertz CT molecular complexity index is 578. The van der Waals surface area contributed by atoms with Crippen molar-refractivity contribution in [2.24, 2.45) is 0 Å². The van der Waals surface area contributed by atoms with Crippen LogP contribution in [0.5, 0.6) is 0 Å². The van der Waals surface area contributed by atoms with Crippen LogP contribution < -0.4 is 4.57 Å².